The highest BCUT2D eigenvalue weighted by Gasteiger charge is 2.25. The number of benzene rings is 2. The predicted molar refractivity (Wildman–Crippen MR) is 85.1 cm³/mol. The second-order valence-corrected chi connectivity index (χ2v) is 6.30. The van der Waals surface area contributed by atoms with Crippen LogP contribution in [0.3, 0.4) is 0 Å². The molecule has 0 spiro atoms. The van der Waals surface area contributed by atoms with Crippen molar-refractivity contribution in [3.05, 3.63) is 57.6 Å². The third-order valence-electron chi connectivity index (χ3n) is 4.04. The maximum absolute atomic E-state index is 5.74. The summed E-state index contributed by atoms with van der Waals surface area (Å²) >= 11 is 3.56. The highest BCUT2D eigenvalue weighted by atomic mass is 79.9. The van der Waals surface area contributed by atoms with Crippen LogP contribution in [0.4, 0.5) is 0 Å². The molecule has 0 fully saturated rings. The summed E-state index contributed by atoms with van der Waals surface area (Å²) in [7, 11) is 0. The average Bonchev–Trinajstić information content (AvgIpc) is 2.52. The first kappa shape index (κ1) is 13.2. The van der Waals surface area contributed by atoms with E-state index < -0.39 is 0 Å². The quantitative estimate of drug-likeness (QED) is 0.858. The Kier molecular flexibility index (Phi) is 3.36. The molecule has 2 aliphatic rings. The molecule has 0 saturated heterocycles. The summed E-state index contributed by atoms with van der Waals surface area (Å²) in [6.45, 7) is 2.24. The number of halogens is 1. The zero-order chi connectivity index (χ0) is 14.2. The van der Waals surface area contributed by atoms with Crippen LogP contribution in [0.5, 0.6) is 11.5 Å². The molecular weight excluding hydrogens is 330 g/mol. The maximum Gasteiger partial charge on any atom is 0.161 e. The van der Waals surface area contributed by atoms with Gasteiger partial charge in [-0.1, -0.05) is 28.1 Å². The topological polar surface area (TPSA) is 30.5 Å². The van der Waals surface area contributed by atoms with Crippen molar-refractivity contribution in [3.63, 3.8) is 0 Å². The normalized spacial score (nSPS) is 20.0. The van der Waals surface area contributed by atoms with Crippen LogP contribution in [-0.2, 0) is 6.42 Å². The monoisotopic (exact) mass is 345 g/mol. The van der Waals surface area contributed by atoms with Gasteiger partial charge in [0, 0.05) is 11.0 Å². The van der Waals surface area contributed by atoms with Crippen LogP contribution in [-0.4, -0.2) is 19.8 Å². The van der Waals surface area contributed by atoms with Gasteiger partial charge in [0.1, 0.15) is 13.2 Å². The molecule has 1 N–H and O–H groups in total. The van der Waals surface area contributed by atoms with Crippen molar-refractivity contribution >= 4 is 15.9 Å². The summed E-state index contributed by atoms with van der Waals surface area (Å²) in [5, 5.41) is 3.61. The van der Waals surface area contributed by atoms with Gasteiger partial charge in [0.05, 0.1) is 6.04 Å². The van der Waals surface area contributed by atoms with Gasteiger partial charge < -0.3 is 14.8 Å². The van der Waals surface area contributed by atoms with E-state index in [4.69, 9.17) is 9.47 Å². The van der Waals surface area contributed by atoms with Gasteiger partial charge >= 0.3 is 0 Å². The molecule has 2 aliphatic heterocycles. The van der Waals surface area contributed by atoms with E-state index in [1.165, 1.54) is 16.7 Å². The summed E-state index contributed by atoms with van der Waals surface area (Å²) in [5.41, 5.74) is 3.91. The molecule has 0 bridgehead atoms. The van der Waals surface area contributed by atoms with Crippen molar-refractivity contribution in [2.24, 2.45) is 0 Å². The van der Waals surface area contributed by atoms with Crippen molar-refractivity contribution in [1.29, 1.82) is 0 Å². The Hall–Kier alpha value is -1.52. The standard InChI is InChI=1S/C17H16BrNO2/c18-13-3-1-2-12(8-13)17-14-10-16-15(20-6-7-21-16)9-11(14)4-5-19-17/h1-3,8-10,17,19H,4-7H2. The third kappa shape index (κ3) is 2.43. The second-order valence-electron chi connectivity index (χ2n) is 5.39. The molecular formula is C17H16BrNO2. The lowest BCUT2D eigenvalue weighted by atomic mass is 9.89. The molecule has 0 radical (unpaired) electrons. The molecule has 108 valence electrons. The van der Waals surface area contributed by atoms with Gasteiger partial charge in [-0.25, -0.2) is 0 Å². The Morgan fingerprint density at radius 1 is 1.05 bits per heavy atom. The van der Waals surface area contributed by atoms with Gasteiger partial charge in [-0.2, -0.15) is 0 Å². The molecule has 1 atom stereocenters. The summed E-state index contributed by atoms with van der Waals surface area (Å²) < 4.78 is 12.5. The Labute approximate surface area is 132 Å². The minimum atomic E-state index is 0.210. The van der Waals surface area contributed by atoms with Gasteiger partial charge in [0.25, 0.3) is 0 Å². The fourth-order valence-corrected chi connectivity index (χ4v) is 3.49. The van der Waals surface area contributed by atoms with Crippen molar-refractivity contribution in [1.82, 2.24) is 5.32 Å². The Morgan fingerprint density at radius 3 is 2.67 bits per heavy atom. The Balaban J connectivity index is 1.80. The van der Waals surface area contributed by atoms with E-state index in [0.29, 0.717) is 13.2 Å². The molecule has 2 aromatic carbocycles. The fourth-order valence-electron chi connectivity index (χ4n) is 3.08. The van der Waals surface area contributed by atoms with Crippen molar-refractivity contribution < 1.29 is 9.47 Å². The highest BCUT2D eigenvalue weighted by molar-refractivity contribution is 9.10. The molecule has 21 heavy (non-hydrogen) atoms. The van der Waals surface area contributed by atoms with E-state index in [9.17, 15) is 0 Å². The molecule has 2 aromatic rings. The number of ether oxygens (including phenoxy) is 2. The van der Waals surface area contributed by atoms with Crippen LogP contribution in [0.15, 0.2) is 40.9 Å². The minimum absolute atomic E-state index is 0.210. The number of fused-ring (bicyclic) bond motifs is 2. The summed E-state index contributed by atoms with van der Waals surface area (Å²) in [5.74, 6) is 1.75. The van der Waals surface area contributed by atoms with E-state index in [-0.39, 0.29) is 6.04 Å². The first-order chi connectivity index (χ1) is 10.3. The van der Waals surface area contributed by atoms with Gasteiger partial charge in [-0.15, -0.1) is 0 Å². The fraction of sp³-hybridized carbons (Fsp3) is 0.294. The summed E-state index contributed by atoms with van der Waals surface area (Å²) in [4.78, 5) is 0. The van der Waals surface area contributed by atoms with Gasteiger partial charge in [0.2, 0.25) is 0 Å². The van der Waals surface area contributed by atoms with E-state index in [0.717, 1.165) is 28.9 Å². The van der Waals surface area contributed by atoms with E-state index in [1.807, 2.05) is 0 Å². The lowest BCUT2D eigenvalue weighted by Gasteiger charge is -2.30. The zero-order valence-corrected chi connectivity index (χ0v) is 13.2. The Morgan fingerprint density at radius 2 is 1.86 bits per heavy atom. The van der Waals surface area contributed by atoms with Crippen molar-refractivity contribution in [2.45, 2.75) is 12.5 Å². The SMILES string of the molecule is Brc1cccc(C2NCCc3cc4c(cc32)OCCO4)c1. The number of hydrogen-bond acceptors (Lipinski definition) is 3. The minimum Gasteiger partial charge on any atom is -0.486 e. The zero-order valence-electron chi connectivity index (χ0n) is 11.6. The van der Waals surface area contributed by atoms with Gasteiger partial charge in [-0.3, -0.25) is 0 Å². The molecule has 1 unspecified atom stereocenters. The van der Waals surface area contributed by atoms with E-state index in [1.54, 1.807) is 0 Å². The molecule has 4 heteroatoms. The van der Waals surface area contributed by atoms with Crippen LogP contribution in [0.25, 0.3) is 0 Å². The first-order valence-corrected chi connectivity index (χ1v) is 8.02. The first-order valence-electron chi connectivity index (χ1n) is 7.22. The van der Waals surface area contributed by atoms with E-state index >= 15 is 0 Å². The lowest BCUT2D eigenvalue weighted by Crippen LogP contribution is -2.31. The largest absolute Gasteiger partial charge is 0.486 e. The summed E-state index contributed by atoms with van der Waals surface area (Å²) in [6, 6.07) is 13.0. The molecule has 0 amide bonds. The Bertz CT molecular complexity index is 686. The van der Waals surface area contributed by atoms with Gasteiger partial charge in [-0.05, 0) is 47.4 Å². The predicted octanol–water partition coefficient (Wildman–Crippen LogP) is 3.46. The smallest absolute Gasteiger partial charge is 0.161 e. The van der Waals surface area contributed by atoms with Crippen molar-refractivity contribution in [2.75, 3.05) is 19.8 Å². The molecule has 3 nitrogen and oxygen atoms in total. The molecule has 0 aromatic heterocycles. The molecule has 0 saturated carbocycles. The average molecular weight is 346 g/mol. The third-order valence-corrected chi connectivity index (χ3v) is 4.53. The number of rotatable bonds is 1. The van der Waals surface area contributed by atoms with Crippen LogP contribution < -0.4 is 14.8 Å². The summed E-state index contributed by atoms with van der Waals surface area (Å²) in [6.07, 6.45) is 1.02. The second kappa shape index (κ2) is 5.35. The van der Waals surface area contributed by atoms with Gasteiger partial charge in [0.15, 0.2) is 11.5 Å². The number of hydrogen-bond donors (Lipinski definition) is 1. The van der Waals surface area contributed by atoms with Crippen LogP contribution in [0.2, 0.25) is 0 Å². The van der Waals surface area contributed by atoms with Crippen molar-refractivity contribution in [3.8, 4) is 11.5 Å². The van der Waals surface area contributed by atoms with Crippen LogP contribution in [0, 0.1) is 0 Å². The van der Waals surface area contributed by atoms with Crippen LogP contribution in [0.1, 0.15) is 22.7 Å². The molecule has 2 heterocycles. The lowest BCUT2D eigenvalue weighted by molar-refractivity contribution is 0.171. The number of nitrogens with one attached hydrogen (secondary N) is 1. The highest BCUT2D eigenvalue weighted by Crippen LogP contribution is 2.39. The van der Waals surface area contributed by atoms with Crippen LogP contribution >= 0.6 is 15.9 Å². The van der Waals surface area contributed by atoms with E-state index in [2.05, 4.69) is 57.6 Å². The maximum atomic E-state index is 5.74. The molecule has 0 aliphatic carbocycles. The molecule has 4 rings (SSSR count).